The molecule has 44 heavy (non-hydrogen) atoms. The van der Waals surface area contributed by atoms with Crippen molar-refractivity contribution < 1.29 is 33.8 Å². The second-order valence-corrected chi connectivity index (χ2v) is 13.2. The molecule has 0 aromatic heterocycles. The van der Waals surface area contributed by atoms with Crippen molar-refractivity contribution in [1.82, 2.24) is 10.2 Å². The van der Waals surface area contributed by atoms with E-state index in [1.807, 2.05) is 32.0 Å². The van der Waals surface area contributed by atoms with E-state index < -0.39 is 41.7 Å². The molecule has 2 bridgehead atoms. The molecular formula is C33H44BrN3O7. The third-order valence-electron chi connectivity index (χ3n) is 8.82. The fourth-order valence-corrected chi connectivity index (χ4v) is 7.75. The van der Waals surface area contributed by atoms with Gasteiger partial charge in [0.15, 0.2) is 0 Å². The fourth-order valence-electron chi connectivity index (χ4n) is 6.80. The fraction of sp³-hybridized carbons (Fsp3) is 0.576. The van der Waals surface area contributed by atoms with Crippen molar-refractivity contribution in [3.05, 3.63) is 54.6 Å². The number of aliphatic hydroxyl groups excluding tert-OH is 1. The molecule has 1 unspecified atom stereocenters. The Morgan fingerprint density at radius 1 is 1.27 bits per heavy atom. The zero-order chi connectivity index (χ0) is 32.2. The van der Waals surface area contributed by atoms with E-state index >= 15 is 0 Å². The molecule has 11 heteroatoms. The minimum absolute atomic E-state index is 0.0424. The van der Waals surface area contributed by atoms with Gasteiger partial charge in [-0.1, -0.05) is 40.2 Å². The third kappa shape index (κ3) is 6.50. The number of unbranched alkanes of at least 4 members (excludes halogenated alkanes) is 1. The highest BCUT2D eigenvalue weighted by molar-refractivity contribution is 9.09. The first-order valence-corrected chi connectivity index (χ1v) is 16.2. The van der Waals surface area contributed by atoms with E-state index in [2.05, 4.69) is 34.4 Å². The van der Waals surface area contributed by atoms with Gasteiger partial charge in [-0.05, 0) is 63.6 Å². The van der Waals surface area contributed by atoms with Gasteiger partial charge in [0.05, 0.1) is 24.5 Å². The van der Waals surface area contributed by atoms with Gasteiger partial charge >= 0.3 is 5.97 Å². The number of benzene rings is 1. The number of esters is 1. The number of alkyl halides is 1. The first-order valence-electron chi connectivity index (χ1n) is 15.3. The number of hydrogen-bond acceptors (Lipinski definition) is 7. The van der Waals surface area contributed by atoms with E-state index in [0.717, 1.165) is 16.8 Å². The number of amides is 3. The Bertz CT molecular complexity index is 1290. The second-order valence-electron chi connectivity index (χ2n) is 12.0. The number of fused-ring (bicyclic) bond motifs is 1. The Morgan fingerprint density at radius 3 is 2.70 bits per heavy atom. The number of halogens is 1. The maximum absolute atomic E-state index is 14.7. The van der Waals surface area contributed by atoms with Gasteiger partial charge in [0, 0.05) is 36.6 Å². The molecule has 7 atom stereocenters. The van der Waals surface area contributed by atoms with Crippen LogP contribution in [0.5, 0.6) is 0 Å². The molecule has 3 saturated heterocycles. The molecule has 10 nitrogen and oxygen atoms in total. The van der Waals surface area contributed by atoms with Crippen LogP contribution in [0.2, 0.25) is 0 Å². The molecule has 0 aliphatic carbocycles. The number of rotatable bonds is 15. The van der Waals surface area contributed by atoms with Crippen molar-refractivity contribution in [2.75, 3.05) is 31.1 Å². The van der Waals surface area contributed by atoms with Gasteiger partial charge in [0.25, 0.3) is 5.91 Å². The van der Waals surface area contributed by atoms with Crippen molar-refractivity contribution in [3.8, 4) is 0 Å². The predicted octanol–water partition coefficient (Wildman–Crippen LogP) is 3.36. The molecule has 1 aromatic rings. The quantitative estimate of drug-likeness (QED) is 0.127. The first-order chi connectivity index (χ1) is 21.0. The summed E-state index contributed by atoms with van der Waals surface area (Å²) in [5, 5.41) is 12.2. The summed E-state index contributed by atoms with van der Waals surface area (Å²) >= 11 is 3.69. The largest absolute Gasteiger partial charge is 0.460 e. The summed E-state index contributed by atoms with van der Waals surface area (Å²) in [7, 11) is 0. The number of hydrogen-bond donors (Lipinski definition) is 2. The van der Waals surface area contributed by atoms with Gasteiger partial charge in [0.1, 0.15) is 17.7 Å². The van der Waals surface area contributed by atoms with E-state index in [4.69, 9.17) is 9.47 Å². The van der Waals surface area contributed by atoms with Crippen molar-refractivity contribution in [3.63, 3.8) is 0 Å². The Labute approximate surface area is 267 Å². The molecule has 4 rings (SSSR count). The molecule has 0 radical (unpaired) electrons. The van der Waals surface area contributed by atoms with E-state index in [1.54, 1.807) is 28.9 Å². The summed E-state index contributed by atoms with van der Waals surface area (Å²) in [6.07, 6.45) is 4.17. The average molecular weight is 675 g/mol. The SMILES string of the molecule is C=CCCC(=O)NC[C@@H](C)OC(=O)[C@H]1[C@@H]2O[C@@]3(CC2Br)[C@@H]1C(=O)N(CCCCO)[C@@H]3C(=O)N(CC=C)c1cc(C)ccc1C. The summed E-state index contributed by atoms with van der Waals surface area (Å²) < 4.78 is 12.4. The standard InChI is InChI=1S/C33H44BrN3O7/c1-6-8-11-25(39)35-19-22(5)43-32(42)26-27-30(40)37(15-9-10-16-38)29(33(27)18-23(34)28(26)44-33)31(41)36(14-7-2)24-17-20(3)12-13-21(24)4/h6-7,12-13,17,22-23,26-29,38H,1-2,8-11,14-16,18-19H2,3-5H3,(H,35,39)/t22-,23?,26-,27+,28-,29-,33+/m1/s1. The van der Waals surface area contributed by atoms with Crippen LogP contribution >= 0.6 is 15.9 Å². The van der Waals surface area contributed by atoms with Crippen LogP contribution in [0.4, 0.5) is 5.69 Å². The zero-order valence-corrected chi connectivity index (χ0v) is 27.4. The minimum Gasteiger partial charge on any atom is -0.460 e. The Balaban J connectivity index is 1.65. The average Bonchev–Trinajstić information content (AvgIpc) is 3.58. The van der Waals surface area contributed by atoms with Gasteiger partial charge in [0.2, 0.25) is 11.8 Å². The van der Waals surface area contributed by atoms with Crippen LogP contribution in [0.3, 0.4) is 0 Å². The van der Waals surface area contributed by atoms with Gasteiger partial charge in [-0.25, -0.2) is 0 Å². The maximum Gasteiger partial charge on any atom is 0.312 e. The second kappa shape index (κ2) is 14.4. The number of nitrogens with one attached hydrogen (secondary N) is 1. The van der Waals surface area contributed by atoms with Crippen LogP contribution in [0.15, 0.2) is 43.5 Å². The van der Waals surface area contributed by atoms with Crippen LogP contribution in [-0.2, 0) is 28.7 Å². The minimum atomic E-state index is -1.24. The van der Waals surface area contributed by atoms with E-state index in [0.29, 0.717) is 32.1 Å². The molecule has 3 fully saturated rings. The first kappa shape index (κ1) is 33.9. The van der Waals surface area contributed by atoms with Gasteiger partial charge in [-0.15, -0.1) is 13.2 Å². The summed E-state index contributed by atoms with van der Waals surface area (Å²) in [4.78, 5) is 57.6. The Morgan fingerprint density at radius 2 is 2.02 bits per heavy atom. The van der Waals surface area contributed by atoms with E-state index in [9.17, 15) is 24.3 Å². The highest BCUT2D eigenvalue weighted by Gasteiger charge is 2.77. The van der Waals surface area contributed by atoms with Crippen LogP contribution in [0, 0.1) is 25.7 Å². The van der Waals surface area contributed by atoms with E-state index in [1.165, 1.54) is 0 Å². The summed E-state index contributed by atoms with van der Waals surface area (Å²) in [5.74, 6) is -3.22. The number of carbonyl (C=O) groups is 4. The molecule has 3 amide bonds. The number of carbonyl (C=O) groups excluding carboxylic acids is 4. The van der Waals surface area contributed by atoms with Crippen molar-refractivity contribution >= 4 is 45.3 Å². The number of aliphatic hydroxyl groups is 1. The van der Waals surface area contributed by atoms with Crippen LogP contribution in [0.25, 0.3) is 0 Å². The van der Waals surface area contributed by atoms with Gasteiger partial charge < -0.3 is 29.7 Å². The van der Waals surface area contributed by atoms with Gasteiger partial charge in [-0.2, -0.15) is 0 Å². The van der Waals surface area contributed by atoms with Crippen LogP contribution in [-0.4, -0.2) is 88.6 Å². The molecular weight excluding hydrogens is 630 g/mol. The molecule has 2 N–H and O–H groups in total. The highest BCUT2D eigenvalue weighted by Crippen LogP contribution is 2.60. The monoisotopic (exact) mass is 673 g/mol. The lowest BCUT2D eigenvalue weighted by Crippen LogP contribution is -2.57. The number of likely N-dealkylation sites (tertiary alicyclic amines) is 1. The third-order valence-corrected chi connectivity index (χ3v) is 9.66. The number of aryl methyl sites for hydroxylation is 2. The van der Waals surface area contributed by atoms with Crippen molar-refractivity contribution in [1.29, 1.82) is 0 Å². The molecule has 3 aliphatic rings. The summed E-state index contributed by atoms with van der Waals surface area (Å²) in [6, 6.07) is 4.89. The normalized spacial score (nSPS) is 27.5. The molecule has 3 heterocycles. The predicted molar refractivity (Wildman–Crippen MR) is 170 cm³/mol. The van der Waals surface area contributed by atoms with Gasteiger partial charge in [-0.3, -0.25) is 19.2 Å². The topological polar surface area (TPSA) is 125 Å². The summed E-state index contributed by atoms with van der Waals surface area (Å²) in [6.45, 7) is 13.6. The lowest BCUT2D eigenvalue weighted by molar-refractivity contribution is -0.159. The number of allylic oxidation sites excluding steroid dienone is 1. The van der Waals surface area contributed by atoms with E-state index in [-0.39, 0.29) is 48.8 Å². The van der Waals surface area contributed by atoms with Crippen molar-refractivity contribution in [2.45, 2.75) is 81.6 Å². The summed E-state index contributed by atoms with van der Waals surface area (Å²) in [5.41, 5.74) is 1.37. The maximum atomic E-state index is 14.7. The molecule has 1 spiro atoms. The van der Waals surface area contributed by atoms with Crippen LogP contribution < -0.4 is 10.2 Å². The smallest absolute Gasteiger partial charge is 0.312 e. The number of nitrogens with zero attached hydrogens (tertiary/aromatic N) is 2. The Hall–Kier alpha value is -3.02. The van der Waals surface area contributed by atoms with Crippen molar-refractivity contribution in [2.24, 2.45) is 11.8 Å². The lowest BCUT2D eigenvalue weighted by Gasteiger charge is -2.37. The highest BCUT2D eigenvalue weighted by atomic mass is 79.9. The molecule has 1 aromatic carbocycles. The Kier molecular flexibility index (Phi) is 11.1. The molecule has 3 aliphatic heterocycles. The molecule has 0 saturated carbocycles. The van der Waals surface area contributed by atoms with Crippen LogP contribution in [0.1, 0.15) is 50.2 Å². The number of anilines is 1. The number of ether oxygens (including phenoxy) is 2. The lowest BCUT2D eigenvalue weighted by atomic mass is 9.70. The zero-order valence-electron chi connectivity index (χ0n) is 25.8. The molecule has 240 valence electrons.